The highest BCUT2D eigenvalue weighted by Crippen LogP contribution is 2.38. The van der Waals surface area contributed by atoms with Gasteiger partial charge in [-0.15, -0.1) is 0 Å². The first-order chi connectivity index (χ1) is 11.7. The predicted octanol–water partition coefficient (Wildman–Crippen LogP) is 3.79. The van der Waals surface area contributed by atoms with Crippen molar-refractivity contribution in [1.82, 2.24) is 4.98 Å². The summed E-state index contributed by atoms with van der Waals surface area (Å²) in [5.41, 5.74) is 3.16. The van der Waals surface area contributed by atoms with Crippen LogP contribution in [0.25, 0.3) is 11.1 Å². The molecule has 1 aliphatic carbocycles. The molecule has 0 unspecified atom stereocenters. The average molecular weight is 340 g/mol. The van der Waals surface area contributed by atoms with Crippen LogP contribution in [0, 0.1) is 0 Å². The Morgan fingerprint density at radius 1 is 1.17 bits per heavy atom. The molecular formula is C19H14ClNO3. The fourth-order valence-corrected chi connectivity index (χ4v) is 3.03. The molecule has 2 aliphatic rings. The first-order valence-corrected chi connectivity index (χ1v) is 7.97. The van der Waals surface area contributed by atoms with Crippen LogP contribution >= 0.6 is 11.6 Å². The molecule has 4 nitrogen and oxygen atoms in total. The van der Waals surface area contributed by atoms with Crippen LogP contribution in [0.15, 0.2) is 72.1 Å². The number of carbonyl (C=O) groups is 1. The summed E-state index contributed by atoms with van der Waals surface area (Å²) < 4.78 is 11.8. The second-order valence-corrected chi connectivity index (χ2v) is 6.10. The number of carbonyl (C=O) groups excluding carboxylic acids is 1. The van der Waals surface area contributed by atoms with Crippen molar-refractivity contribution < 1.29 is 14.3 Å². The van der Waals surface area contributed by atoms with Gasteiger partial charge in [0, 0.05) is 18.5 Å². The Balaban J connectivity index is 1.54. The highest BCUT2D eigenvalue weighted by molar-refractivity contribution is 6.44. The molecule has 0 bridgehead atoms. The lowest BCUT2D eigenvalue weighted by Gasteiger charge is -2.23. The number of halogens is 1. The number of rotatable bonds is 2. The molecule has 2 aromatic rings. The lowest BCUT2D eigenvalue weighted by atomic mass is 10.0. The zero-order valence-electron chi connectivity index (χ0n) is 12.7. The Kier molecular flexibility index (Phi) is 3.81. The third kappa shape index (κ3) is 2.80. The number of ether oxygens (including phenoxy) is 2. The zero-order valence-corrected chi connectivity index (χ0v) is 13.4. The van der Waals surface area contributed by atoms with Crippen molar-refractivity contribution in [3.8, 4) is 11.1 Å². The number of hydrogen-bond donors (Lipinski definition) is 0. The Hall–Kier alpha value is -2.27. The van der Waals surface area contributed by atoms with Crippen molar-refractivity contribution in [1.29, 1.82) is 0 Å². The van der Waals surface area contributed by atoms with Gasteiger partial charge in [-0.1, -0.05) is 41.9 Å². The topological polar surface area (TPSA) is 48.4 Å². The van der Waals surface area contributed by atoms with Gasteiger partial charge in [0.2, 0.25) is 5.79 Å². The van der Waals surface area contributed by atoms with Gasteiger partial charge in [0.1, 0.15) is 6.10 Å². The van der Waals surface area contributed by atoms with Gasteiger partial charge in [-0.05, 0) is 34.9 Å². The monoisotopic (exact) mass is 339 g/mol. The molecule has 24 heavy (non-hydrogen) atoms. The summed E-state index contributed by atoms with van der Waals surface area (Å²) in [5, 5.41) is 0.116. The first kappa shape index (κ1) is 15.3. The molecule has 4 rings (SSSR count). The number of pyridine rings is 1. The van der Waals surface area contributed by atoms with Gasteiger partial charge in [-0.25, -0.2) is 0 Å². The van der Waals surface area contributed by atoms with Gasteiger partial charge in [0.05, 0.1) is 11.6 Å². The van der Waals surface area contributed by atoms with E-state index in [1.165, 1.54) is 12.2 Å². The van der Waals surface area contributed by atoms with E-state index in [1.54, 1.807) is 12.3 Å². The largest absolute Gasteiger partial charge is 0.340 e. The van der Waals surface area contributed by atoms with Crippen LogP contribution in [0.2, 0.25) is 0 Å². The lowest BCUT2D eigenvalue weighted by Crippen LogP contribution is -2.28. The van der Waals surface area contributed by atoms with Crippen molar-refractivity contribution in [2.45, 2.75) is 11.9 Å². The van der Waals surface area contributed by atoms with E-state index in [0.29, 0.717) is 6.61 Å². The summed E-state index contributed by atoms with van der Waals surface area (Å²) in [4.78, 5) is 15.6. The molecule has 2 heterocycles. The van der Waals surface area contributed by atoms with Crippen LogP contribution in [0.3, 0.4) is 0 Å². The maximum Gasteiger partial charge on any atom is 0.211 e. The predicted molar refractivity (Wildman–Crippen MR) is 90.3 cm³/mol. The number of allylic oxidation sites excluding steroid dienone is 2. The molecule has 1 aromatic carbocycles. The van der Waals surface area contributed by atoms with E-state index in [2.05, 4.69) is 4.98 Å². The SMILES string of the molecule is O=C1C=C[C@@]2(C=C1Cl)OC[C@@H](c1ccc(-c3cccnc3)cc1)O2. The van der Waals surface area contributed by atoms with Crippen LogP contribution in [-0.2, 0) is 14.3 Å². The van der Waals surface area contributed by atoms with Gasteiger partial charge in [-0.3, -0.25) is 9.78 Å². The van der Waals surface area contributed by atoms with E-state index in [4.69, 9.17) is 21.1 Å². The van der Waals surface area contributed by atoms with Crippen molar-refractivity contribution in [3.05, 3.63) is 77.6 Å². The third-order valence-corrected chi connectivity index (χ3v) is 4.39. The molecular weight excluding hydrogens is 326 g/mol. The summed E-state index contributed by atoms with van der Waals surface area (Å²) in [6.07, 6.45) is 7.87. The molecule has 2 atom stereocenters. The quantitative estimate of drug-likeness (QED) is 0.835. The number of ketones is 1. The fourth-order valence-electron chi connectivity index (χ4n) is 2.81. The fraction of sp³-hybridized carbons (Fsp3) is 0.158. The molecule has 0 N–H and O–H groups in total. The molecule has 0 radical (unpaired) electrons. The number of hydrogen-bond acceptors (Lipinski definition) is 4. The van der Waals surface area contributed by atoms with Gasteiger partial charge in [0.25, 0.3) is 0 Å². The minimum absolute atomic E-state index is 0.116. The van der Waals surface area contributed by atoms with Gasteiger partial charge < -0.3 is 9.47 Å². The van der Waals surface area contributed by atoms with Crippen LogP contribution in [-0.4, -0.2) is 23.2 Å². The van der Waals surface area contributed by atoms with Gasteiger partial charge >= 0.3 is 0 Å². The zero-order chi connectivity index (χ0) is 16.6. The lowest BCUT2D eigenvalue weighted by molar-refractivity contribution is -0.114. The molecule has 0 amide bonds. The Bertz CT molecular complexity index is 829. The molecule has 1 fully saturated rings. The van der Waals surface area contributed by atoms with Gasteiger partial charge in [-0.2, -0.15) is 0 Å². The van der Waals surface area contributed by atoms with Crippen LogP contribution in [0.4, 0.5) is 0 Å². The highest BCUT2D eigenvalue weighted by atomic mass is 35.5. The van der Waals surface area contributed by atoms with E-state index < -0.39 is 5.79 Å². The van der Waals surface area contributed by atoms with E-state index >= 15 is 0 Å². The van der Waals surface area contributed by atoms with E-state index in [1.807, 2.05) is 42.6 Å². The second kappa shape index (κ2) is 5.98. The summed E-state index contributed by atoms with van der Waals surface area (Å²) >= 11 is 5.91. The van der Waals surface area contributed by atoms with Crippen LogP contribution in [0.1, 0.15) is 11.7 Å². The number of nitrogens with zero attached hydrogens (tertiary/aromatic N) is 1. The summed E-state index contributed by atoms with van der Waals surface area (Å²) in [7, 11) is 0. The molecule has 1 aliphatic heterocycles. The Morgan fingerprint density at radius 2 is 2.00 bits per heavy atom. The standard InChI is InChI=1S/C19H14ClNO3/c20-16-10-19(8-7-17(16)22)23-12-18(24-19)14-5-3-13(4-6-14)15-2-1-9-21-11-15/h1-11,18H,12H2/t18-,19+/m0/s1. The van der Waals surface area contributed by atoms with Crippen LogP contribution in [0.5, 0.6) is 0 Å². The maximum atomic E-state index is 11.5. The molecule has 1 saturated heterocycles. The Labute approximate surface area is 144 Å². The van der Waals surface area contributed by atoms with Crippen molar-refractivity contribution >= 4 is 17.4 Å². The number of aromatic nitrogens is 1. The molecule has 120 valence electrons. The highest BCUT2D eigenvalue weighted by Gasteiger charge is 2.41. The van der Waals surface area contributed by atoms with E-state index in [9.17, 15) is 4.79 Å². The minimum Gasteiger partial charge on any atom is -0.340 e. The normalized spacial score (nSPS) is 26.0. The smallest absolute Gasteiger partial charge is 0.211 e. The second-order valence-electron chi connectivity index (χ2n) is 5.69. The van der Waals surface area contributed by atoms with Crippen molar-refractivity contribution in [2.24, 2.45) is 0 Å². The minimum atomic E-state index is -1.04. The van der Waals surface area contributed by atoms with Crippen molar-refractivity contribution in [2.75, 3.05) is 6.61 Å². The summed E-state index contributed by atoms with van der Waals surface area (Å²) in [6.45, 7) is 0.394. The van der Waals surface area contributed by atoms with Gasteiger partial charge in [0.15, 0.2) is 5.78 Å². The number of benzene rings is 1. The molecule has 5 heteroatoms. The van der Waals surface area contributed by atoms with Crippen LogP contribution < -0.4 is 0 Å². The summed E-state index contributed by atoms with van der Waals surface area (Å²) in [5.74, 6) is -1.28. The molecule has 1 aromatic heterocycles. The van der Waals surface area contributed by atoms with E-state index in [0.717, 1.165) is 16.7 Å². The van der Waals surface area contributed by atoms with E-state index in [-0.39, 0.29) is 16.9 Å². The Morgan fingerprint density at radius 3 is 2.71 bits per heavy atom. The molecule has 1 spiro atoms. The molecule has 0 saturated carbocycles. The third-order valence-electron chi connectivity index (χ3n) is 4.09. The summed E-state index contributed by atoms with van der Waals surface area (Å²) in [6, 6.07) is 12.0. The first-order valence-electron chi connectivity index (χ1n) is 7.59. The average Bonchev–Trinajstić information content (AvgIpc) is 3.03. The maximum absolute atomic E-state index is 11.5. The van der Waals surface area contributed by atoms with Crippen molar-refractivity contribution in [3.63, 3.8) is 0 Å².